The molecule has 130 valence electrons. The molecule has 1 heterocycles. The molecule has 2 aromatic rings. The highest BCUT2D eigenvalue weighted by molar-refractivity contribution is 9.10. The molecule has 0 fully saturated rings. The zero-order valence-electron chi connectivity index (χ0n) is 12.9. The van der Waals surface area contributed by atoms with Gasteiger partial charge in [-0.15, -0.1) is 0 Å². The molecule has 0 bridgehead atoms. The Kier molecular flexibility index (Phi) is 4.66. The van der Waals surface area contributed by atoms with Crippen molar-refractivity contribution in [2.24, 2.45) is 5.73 Å². The molecule has 0 saturated heterocycles. The van der Waals surface area contributed by atoms with E-state index >= 15 is 0 Å². The molecule has 8 heteroatoms. The molecule has 2 N–H and O–H groups in total. The van der Waals surface area contributed by atoms with Gasteiger partial charge in [0, 0.05) is 10.0 Å². The average molecular weight is 424 g/mol. The number of hydrogen-bond donors (Lipinski definition) is 1. The Hall–Kier alpha value is -2.19. The molecular formula is C17H14BrNO5S. The molecule has 0 aromatic heterocycles. The summed E-state index contributed by atoms with van der Waals surface area (Å²) in [6, 6.07) is 11.0. The van der Waals surface area contributed by atoms with Crippen LogP contribution < -0.4 is 5.73 Å². The van der Waals surface area contributed by atoms with Crippen molar-refractivity contribution in [1.82, 2.24) is 0 Å². The Labute approximate surface area is 153 Å². The number of benzene rings is 2. The van der Waals surface area contributed by atoms with E-state index in [9.17, 15) is 18.0 Å². The van der Waals surface area contributed by atoms with Gasteiger partial charge in [0.05, 0.1) is 16.2 Å². The first-order valence-electron chi connectivity index (χ1n) is 7.39. The van der Waals surface area contributed by atoms with E-state index in [0.717, 1.165) is 4.47 Å². The number of amides is 1. The molecule has 1 amide bonds. The normalized spacial score (nSPS) is 16.0. The largest absolute Gasteiger partial charge is 0.444 e. The van der Waals surface area contributed by atoms with Crippen molar-refractivity contribution in [3.8, 4) is 0 Å². The number of ether oxygens (including phenoxy) is 1. The molecule has 1 unspecified atom stereocenters. The number of halogens is 1. The van der Waals surface area contributed by atoms with Crippen molar-refractivity contribution >= 4 is 37.6 Å². The first-order chi connectivity index (χ1) is 11.8. The number of carbonyl (C=O) groups excluding carboxylic acids is 2. The topological polar surface area (TPSA) is 104 Å². The Bertz CT molecular complexity index is 971. The smallest absolute Gasteiger partial charge is 0.339 e. The Morgan fingerprint density at radius 1 is 1.16 bits per heavy atom. The summed E-state index contributed by atoms with van der Waals surface area (Å²) in [6.07, 6.45) is -0.883. The van der Waals surface area contributed by atoms with Gasteiger partial charge in [0.1, 0.15) is 0 Å². The maximum Gasteiger partial charge on any atom is 0.339 e. The second kappa shape index (κ2) is 6.61. The third-order valence-corrected chi connectivity index (χ3v) is 6.21. The standard InChI is InChI=1S/C17H14BrNO5S/c18-13-3-1-2-11(9-13)15(16(19)20)24-17(21)12-4-5-14-10(8-12)6-7-25(14,22)23/h1-5,8-9,15H,6-7H2,(H2,19,20). The SMILES string of the molecule is NC(=O)C(OC(=O)c1ccc2c(c1)CCS2(=O)=O)c1cccc(Br)c1. The molecule has 0 saturated carbocycles. The minimum Gasteiger partial charge on any atom is -0.444 e. The predicted molar refractivity (Wildman–Crippen MR) is 93.7 cm³/mol. The summed E-state index contributed by atoms with van der Waals surface area (Å²) in [5.74, 6) is -1.51. The summed E-state index contributed by atoms with van der Waals surface area (Å²) in [7, 11) is -3.26. The van der Waals surface area contributed by atoms with Crippen molar-refractivity contribution in [3.05, 3.63) is 63.6 Å². The zero-order chi connectivity index (χ0) is 18.2. The van der Waals surface area contributed by atoms with Gasteiger partial charge in [-0.1, -0.05) is 28.1 Å². The van der Waals surface area contributed by atoms with E-state index in [-0.39, 0.29) is 16.2 Å². The van der Waals surface area contributed by atoms with Crippen LogP contribution in [0.1, 0.15) is 27.6 Å². The lowest BCUT2D eigenvalue weighted by Crippen LogP contribution is -2.26. The van der Waals surface area contributed by atoms with Gasteiger partial charge < -0.3 is 10.5 Å². The third-order valence-electron chi connectivity index (χ3n) is 3.91. The summed E-state index contributed by atoms with van der Waals surface area (Å²) in [5.41, 5.74) is 6.56. The van der Waals surface area contributed by atoms with Crippen LogP contribution in [0.15, 0.2) is 51.8 Å². The Morgan fingerprint density at radius 2 is 1.92 bits per heavy atom. The number of hydrogen-bond acceptors (Lipinski definition) is 5. The Balaban J connectivity index is 1.87. The van der Waals surface area contributed by atoms with E-state index in [1.807, 2.05) is 0 Å². The van der Waals surface area contributed by atoms with Gasteiger partial charge in [-0.3, -0.25) is 4.79 Å². The number of carbonyl (C=O) groups is 2. The maximum atomic E-state index is 12.4. The lowest BCUT2D eigenvalue weighted by atomic mass is 10.1. The molecule has 0 radical (unpaired) electrons. The third kappa shape index (κ3) is 3.59. The van der Waals surface area contributed by atoms with Crippen molar-refractivity contribution in [3.63, 3.8) is 0 Å². The van der Waals surface area contributed by atoms with Gasteiger partial charge in [0.2, 0.25) is 6.10 Å². The number of esters is 1. The predicted octanol–water partition coefficient (Wildman–Crippen LogP) is 2.16. The van der Waals surface area contributed by atoms with Crippen LogP contribution in [0.25, 0.3) is 0 Å². The summed E-state index contributed by atoms with van der Waals surface area (Å²) >= 11 is 3.29. The highest BCUT2D eigenvalue weighted by atomic mass is 79.9. The van der Waals surface area contributed by atoms with Crippen LogP contribution in [-0.4, -0.2) is 26.0 Å². The molecule has 1 atom stereocenters. The van der Waals surface area contributed by atoms with Crippen LogP contribution in [0.3, 0.4) is 0 Å². The van der Waals surface area contributed by atoms with Crippen LogP contribution in [0.4, 0.5) is 0 Å². The number of aryl methyl sites for hydroxylation is 1. The first-order valence-corrected chi connectivity index (χ1v) is 9.84. The highest BCUT2D eigenvalue weighted by Gasteiger charge is 2.28. The van der Waals surface area contributed by atoms with Crippen LogP contribution in [-0.2, 0) is 25.8 Å². The number of rotatable bonds is 4. The van der Waals surface area contributed by atoms with Crippen LogP contribution in [0.2, 0.25) is 0 Å². The summed E-state index contributed by atoms with van der Waals surface area (Å²) in [6.45, 7) is 0. The van der Waals surface area contributed by atoms with E-state index in [2.05, 4.69) is 15.9 Å². The van der Waals surface area contributed by atoms with E-state index in [1.54, 1.807) is 24.3 Å². The quantitative estimate of drug-likeness (QED) is 0.758. The minimum atomic E-state index is -3.26. The molecule has 1 aliphatic heterocycles. The average Bonchev–Trinajstić information content (AvgIpc) is 2.87. The van der Waals surface area contributed by atoms with Gasteiger partial charge in [-0.05, 0) is 42.3 Å². The van der Waals surface area contributed by atoms with Gasteiger partial charge in [-0.2, -0.15) is 0 Å². The summed E-state index contributed by atoms with van der Waals surface area (Å²) < 4.78 is 29.7. The van der Waals surface area contributed by atoms with Crippen LogP contribution in [0, 0.1) is 0 Å². The van der Waals surface area contributed by atoms with Crippen molar-refractivity contribution in [2.45, 2.75) is 17.4 Å². The van der Waals surface area contributed by atoms with Crippen molar-refractivity contribution in [1.29, 1.82) is 0 Å². The molecule has 2 aromatic carbocycles. The molecular weight excluding hydrogens is 410 g/mol. The van der Waals surface area contributed by atoms with E-state index < -0.39 is 27.8 Å². The minimum absolute atomic E-state index is 0.0305. The number of fused-ring (bicyclic) bond motifs is 1. The summed E-state index contributed by atoms with van der Waals surface area (Å²) in [4.78, 5) is 24.3. The molecule has 25 heavy (non-hydrogen) atoms. The number of primary amides is 1. The van der Waals surface area contributed by atoms with E-state index in [0.29, 0.717) is 17.5 Å². The highest BCUT2D eigenvalue weighted by Crippen LogP contribution is 2.28. The Morgan fingerprint density at radius 3 is 2.60 bits per heavy atom. The van der Waals surface area contributed by atoms with Gasteiger partial charge >= 0.3 is 5.97 Å². The molecule has 0 aliphatic carbocycles. The summed E-state index contributed by atoms with van der Waals surface area (Å²) in [5, 5.41) is 0. The first kappa shape index (κ1) is 17.6. The number of nitrogens with two attached hydrogens (primary N) is 1. The van der Waals surface area contributed by atoms with Crippen LogP contribution in [0.5, 0.6) is 0 Å². The monoisotopic (exact) mass is 423 g/mol. The molecule has 1 aliphatic rings. The molecule has 3 rings (SSSR count). The molecule has 0 spiro atoms. The van der Waals surface area contributed by atoms with E-state index in [4.69, 9.17) is 10.5 Å². The number of sulfone groups is 1. The fraction of sp³-hybridized carbons (Fsp3) is 0.176. The van der Waals surface area contributed by atoms with Gasteiger partial charge in [0.15, 0.2) is 9.84 Å². The molecule has 6 nitrogen and oxygen atoms in total. The van der Waals surface area contributed by atoms with Crippen molar-refractivity contribution < 1.29 is 22.7 Å². The fourth-order valence-electron chi connectivity index (χ4n) is 2.69. The van der Waals surface area contributed by atoms with E-state index in [1.165, 1.54) is 18.2 Å². The fourth-order valence-corrected chi connectivity index (χ4v) is 4.66. The maximum absolute atomic E-state index is 12.4. The van der Waals surface area contributed by atoms with Gasteiger partial charge in [0.25, 0.3) is 5.91 Å². The van der Waals surface area contributed by atoms with Crippen LogP contribution >= 0.6 is 15.9 Å². The lowest BCUT2D eigenvalue weighted by molar-refractivity contribution is -0.127. The van der Waals surface area contributed by atoms with Crippen molar-refractivity contribution in [2.75, 3.05) is 5.75 Å². The zero-order valence-corrected chi connectivity index (χ0v) is 15.3. The lowest BCUT2D eigenvalue weighted by Gasteiger charge is -2.15. The van der Waals surface area contributed by atoms with Gasteiger partial charge in [-0.25, -0.2) is 13.2 Å². The second-order valence-corrected chi connectivity index (χ2v) is 8.63. The second-order valence-electron chi connectivity index (χ2n) is 5.63.